The number of aliphatic hydroxyl groups is 1. The van der Waals surface area contributed by atoms with Crippen LogP contribution in [0, 0.1) is 0 Å². The summed E-state index contributed by atoms with van der Waals surface area (Å²) in [6.45, 7) is 0.830. The molecule has 1 aliphatic rings. The first-order chi connectivity index (χ1) is 7.77. The van der Waals surface area contributed by atoms with E-state index < -0.39 is 5.60 Å². The summed E-state index contributed by atoms with van der Waals surface area (Å²) in [7, 11) is 1.57. The van der Waals surface area contributed by atoms with Gasteiger partial charge in [0.15, 0.2) is 5.60 Å². The molecule has 1 aliphatic heterocycles. The highest BCUT2D eigenvalue weighted by Gasteiger charge is 2.36. The van der Waals surface area contributed by atoms with Crippen LogP contribution in [0.1, 0.15) is 12.0 Å². The molecule has 0 saturated heterocycles. The van der Waals surface area contributed by atoms with Gasteiger partial charge in [-0.25, -0.2) is 0 Å². The molecule has 1 aromatic rings. The lowest BCUT2D eigenvalue weighted by molar-refractivity contribution is -0.0429. The molecule has 1 atom stereocenters. The highest BCUT2D eigenvalue weighted by Crippen LogP contribution is 2.33. The highest BCUT2D eigenvalue weighted by molar-refractivity contribution is 5.31. The summed E-state index contributed by atoms with van der Waals surface area (Å²) in [5.74, 6) is 0.598. The molecule has 3 heteroatoms. The molecule has 0 bridgehead atoms. The Hall–Kier alpha value is -1.32. The van der Waals surface area contributed by atoms with Gasteiger partial charge < -0.3 is 14.6 Å². The Bertz CT molecular complexity index is 372. The molecular formula is C13H16O3. The Labute approximate surface area is 95.3 Å². The van der Waals surface area contributed by atoms with Crippen molar-refractivity contribution < 1.29 is 14.6 Å². The molecule has 1 N–H and O–H groups in total. The van der Waals surface area contributed by atoms with E-state index in [1.807, 2.05) is 36.4 Å². The molecule has 2 rings (SSSR count). The van der Waals surface area contributed by atoms with Crippen LogP contribution in [0.4, 0.5) is 0 Å². The normalized spacial score (nSPS) is 18.8. The van der Waals surface area contributed by atoms with E-state index in [1.54, 1.807) is 7.11 Å². The van der Waals surface area contributed by atoms with Crippen molar-refractivity contribution in [1.29, 1.82) is 0 Å². The predicted octanol–water partition coefficient (Wildman–Crippen LogP) is 1.82. The Kier molecular flexibility index (Phi) is 3.27. The second kappa shape index (κ2) is 4.68. The summed E-state index contributed by atoms with van der Waals surface area (Å²) in [5, 5.41) is 10.7. The third kappa shape index (κ3) is 1.96. The van der Waals surface area contributed by atoms with Crippen molar-refractivity contribution in [1.82, 2.24) is 0 Å². The molecule has 16 heavy (non-hydrogen) atoms. The smallest absolute Gasteiger partial charge is 0.169 e. The van der Waals surface area contributed by atoms with E-state index in [1.165, 1.54) is 0 Å². The van der Waals surface area contributed by atoms with E-state index in [2.05, 4.69) is 0 Å². The molecule has 1 unspecified atom stereocenters. The van der Waals surface area contributed by atoms with Crippen molar-refractivity contribution in [2.24, 2.45) is 0 Å². The molecule has 0 radical (unpaired) electrons. The number of rotatable bonds is 4. The van der Waals surface area contributed by atoms with Gasteiger partial charge in [0.25, 0.3) is 0 Å². The van der Waals surface area contributed by atoms with E-state index in [0.717, 1.165) is 12.0 Å². The molecular weight excluding hydrogens is 204 g/mol. The van der Waals surface area contributed by atoms with Gasteiger partial charge in [0.1, 0.15) is 5.76 Å². The van der Waals surface area contributed by atoms with E-state index in [9.17, 15) is 5.11 Å². The first kappa shape index (κ1) is 11.2. The monoisotopic (exact) mass is 220 g/mol. The standard InChI is InChI=1S/C13H16O3/c1-15-10-13(14,12-8-5-9-16-12)11-6-3-2-4-7-11/h2-4,6-8,14H,5,9-10H2,1H3. The van der Waals surface area contributed by atoms with E-state index in [0.29, 0.717) is 12.4 Å². The summed E-state index contributed by atoms with van der Waals surface area (Å²) in [6, 6.07) is 9.46. The fourth-order valence-electron chi connectivity index (χ4n) is 1.93. The predicted molar refractivity (Wildman–Crippen MR) is 60.9 cm³/mol. The van der Waals surface area contributed by atoms with Crippen LogP contribution in [-0.4, -0.2) is 25.4 Å². The third-order valence-electron chi connectivity index (χ3n) is 2.72. The fourth-order valence-corrected chi connectivity index (χ4v) is 1.93. The number of hydrogen-bond donors (Lipinski definition) is 1. The molecule has 0 spiro atoms. The van der Waals surface area contributed by atoms with Gasteiger partial charge in [-0.1, -0.05) is 30.3 Å². The molecule has 1 heterocycles. The maximum atomic E-state index is 10.7. The Morgan fingerprint density at radius 3 is 2.69 bits per heavy atom. The molecule has 0 saturated carbocycles. The highest BCUT2D eigenvalue weighted by atomic mass is 16.5. The number of hydrogen-bond acceptors (Lipinski definition) is 3. The Morgan fingerprint density at radius 1 is 1.38 bits per heavy atom. The summed E-state index contributed by atoms with van der Waals surface area (Å²) in [4.78, 5) is 0. The zero-order chi connectivity index (χ0) is 11.4. The van der Waals surface area contributed by atoms with Crippen molar-refractivity contribution >= 4 is 0 Å². The van der Waals surface area contributed by atoms with Crippen LogP contribution < -0.4 is 0 Å². The minimum absolute atomic E-state index is 0.197. The summed E-state index contributed by atoms with van der Waals surface area (Å²) >= 11 is 0. The van der Waals surface area contributed by atoms with Crippen LogP contribution in [0.2, 0.25) is 0 Å². The van der Waals surface area contributed by atoms with Gasteiger partial charge in [0, 0.05) is 13.5 Å². The second-order valence-corrected chi connectivity index (χ2v) is 3.86. The maximum Gasteiger partial charge on any atom is 0.169 e. The number of methoxy groups -OCH3 is 1. The van der Waals surface area contributed by atoms with Gasteiger partial charge in [0.05, 0.1) is 13.2 Å². The van der Waals surface area contributed by atoms with Crippen LogP contribution in [0.15, 0.2) is 42.2 Å². The average molecular weight is 220 g/mol. The molecule has 0 amide bonds. The lowest BCUT2D eigenvalue weighted by Gasteiger charge is -2.28. The Balaban J connectivity index is 2.35. The maximum absolute atomic E-state index is 10.7. The summed E-state index contributed by atoms with van der Waals surface area (Å²) in [5.41, 5.74) is -0.364. The summed E-state index contributed by atoms with van der Waals surface area (Å²) < 4.78 is 10.6. The van der Waals surface area contributed by atoms with Crippen molar-refractivity contribution in [2.45, 2.75) is 12.0 Å². The van der Waals surface area contributed by atoms with Crippen LogP contribution in [0.5, 0.6) is 0 Å². The first-order valence-electron chi connectivity index (χ1n) is 5.37. The van der Waals surface area contributed by atoms with Gasteiger partial charge in [-0.15, -0.1) is 0 Å². The Morgan fingerprint density at radius 2 is 2.12 bits per heavy atom. The van der Waals surface area contributed by atoms with E-state index in [4.69, 9.17) is 9.47 Å². The van der Waals surface area contributed by atoms with E-state index >= 15 is 0 Å². The minimum Gasteiger partial charge on any atom is -0.494 e. The van der Waals surface area contributed by atoms with Crippen LogP contribution in [0.3, 0.4) is 0 Å². The van der Waals surface area contributed by atoms with Crippen LogP contribution in [0.25, 0.3) is 0 Å². The molecule has 0 fully saturated rings. The van der Waals surface area contributed by atoms with Gasteiger partial charge in [0.2, 0.25) is 0 Å². The zero-order valence-corrected chi connectivity index (χ0v) is 9.35. The van der Waals surface area contributed by atoms with Gasteiger partial charge in [-0.3, -0.25) is 0 Å². The lowest BCUT2D eigenvalue weighted by Crippen LogP contribution is -2.33. The van der Waals surface area contributed by atoms with Crippen LogP contribution >= 0.6 is 0 Å². The second-order valence-electron chi connectivity index (χ2n) is 3.86. The fraction of sp³-hybridized carbons (Fsp3) is 0.385. The quantitative estimate of drug-likeness (QED) is 0.841. The molecule has 0 aromatic heterocycles. The number of ether oxygens (including phenoxy) is 2. The first-order valence-corrected chi connectivity index (χ1v) is 5.37. The van der Waals surface area contributed by atoms with Crippen molar-refractivity contribution in [3.8, 4) is 0 Å². The van der Waals surface area contributed by atoms with Gasteiger partial charge in [-0.05, 0) is 11.6 Å². The third-order valence-corrected chi connectivity index (χ3v) is 2.72. The van der Waals surface area contributed by atoms with Gasteiger partial charge >= 0.3 is 0 Å². The molecule has 86 valence electrons. The molecule has 1 aromatic carbocycles. The van der Waals surface area contributed by atoms with Crippen molar-refractivity contribution in [2.75, 3.05) is 20.3 Å². The largest absolute Gasteiger partial charge is 0.494 e. The average Bonchev–Trinajstić information content (AvgIpc) is 2.84. The summed E-state index contributed by atoms with van der Waals surface area (Å²) in [6.07, 6.45) is 2.76. The van der Waals surface area contributed by atoms with E-state index in [-0.39, 0.29) is 6.61 Å². The van der Waals surface area contributed by atoms with Gasteiger partial charge in [-0.2, -0.15) is 0 Å². The lowest BCUT2D eigenvalue weighted by atomic mass is 9.92. The number of benzene rings is 1. The molecule has 0 aliphatic carbocycles. The van der Waals surface area contributed by atoms with Crippen LogP contribution in [-0.2, 0) is 15.1 Å². The molecule has 3 nitrogen and oxygen atoms in total. The van der Waals surface area contributed by atoms with Crippen molar-refractivity contribution in [3.05, 3.63) is 47.7 Å². The van der Waals surface area contributed by atoms with Crippen molar-refractivity contribution in [3.63, 3.8) is 0 Å². The minimum atomic E-state index is -1.16. The zero-order valence-electron chi connectivity index (χ0n) is 9.35. The SMILES string of the molecule is COCC(O)(C1=CCCO1)c1ccccc1. The topological polar surface area (TPSA) is 38.7 Å².